The summed E-state index contributed by atoms with van der Waals surface area (Å²) in [6.45, 7) is 1.05. The summed E-state index contributed by atoms with van der Waals surface area (Å²) in [4.78, 5) is 44.2. The number of amides is 3. The molecular formula is C30H44Cl2F3N5O5. The van der Waals surface area contributed by atoms with Crippen molar-refractivity contribution in [1.29, 1.82) is 0 Å². The fourth-order valence-electron chi connectivity index (χ4n) is 6.99. The number of alkyl halides is 3. The zero-order valence-electron chi connectivity index (χ0n) is 25.5. The highest BCUT2D eigenvalue weighted by Gasteiger charge is 2.62. The molecule has 6 atom stereocenters. The van der Waals surface area contributed by atoms with Crippen molar-refractivity contribution in [2.75, 3.05) is 33.3 Å². The van der Waals surface area contributed by atoms with Crippen molar-refractivity contribution in [3.63, 3.8) is 0 Å². The average molecular weight is 683 g/mol. The molecule has 3 fully saturated rings. The molecule has 5 rings (SSSR count). The number of nitrogens with one attached hydrogen (secondary N) is 3. The largest absolute Gasteiger partial charge is 0.493 e. The summed E-state index contributed by atoms with van der Waals surface area (Å²) in [5.41, 5.74) is -2.15. The van der Waals surface area contributed by atoms with Gasteiger partial charge in [0.15, 0.2) is 5.60 Å². The summed E-state index contributed by atoms with van der Waals surface area (Å²) in [6.07, 6.45) is -0.708. The van der Waals surface area contributed by atoms with Crippen LogP contribution < -0.4 is 20.7 Å². The Balaban J connectivity index is 0.00000276. The maximum Gasteiger partial charge on any atom is 0.418 e. The first-order valence-electron chi connectivity index (χ1n) is 15.2. The van der Waals surface area contributed by atoms with Crippen LogP contribution in [0.2, 0.25) is 0 Å². The lowest BCUT2D eigenvalue weighted by Gasteiger charge is -2.45. The van der Waals surface area contributed by atoms with Crippen molar-refractivity contribution >= 4 is 42.5 Å². The normalized spacial score (nSPS) is 28.2. The highest BCUT2D eigenvalue weighted by atomic mass is 35.5. The molecule has 4 aliphatic rings. The predicted octanol–water partition coefficient (Wildman–Crippen LogP) is 2.72. The molecule has 3 heterocycles. The van der Waals surface area contributed by atoms with Gasteiger partial charge in [-0.1, -0.05) is 37.5 Å². The third-order valence-electron chi connectivity index (χ3n) is 9.65. The maximum atomic E-state index is 14.4. The summed E-state index contributed by atoms with van der Waals surface area (Å²) < 4.78 is 47.3. The Morgan fingerprint density at radius 2 is 1.76 bits per heavy atom. The number of likely N-dealkylation sites (N-methyl/N-ethyl adjacent to an activating group) is 1. The average Bonchev–Trinajstić information content (AvgIpc) is 3.35. The smallest absolute Gasteiger partial charge is 0.418 e. The number of piperazine rings is 1. The van der Waals surface area contributed by atoms with Gasteiger partial charge in [0.25, 0.3) is 0 Å². The first kappa shape index (κ1) is 37.1. The van der Waals surface area contributed by atoms with E-state index in [1.165, 1.54) is 9.80 Å². The number of rotatable bonds is 7. The monoisotopic (exact) mass is 681 g/mol. The van der Waals surface area contributed by atoms with Gasteiger partial charge in [0.2, 0.25) is 17.7 Å². The fraction of sp³-hybridized carbons (Fsp3) is 0.700. The molecule has 1 aliphatic carbocycles. The van der Waals surface area contributed by atoms with E-state index in [2.05, 4.69) is 16.0 Å². The van der Waals surface area contributed by atoms with Crippen LogP contribution >= 0.6 is 24.8 Å². The van der Waals surface area contributed by atoms with Gasteiger partial charge in [0, 0.05) is 44.1 Å². The maximum absolute atomic E-state index is 14.4. The van der Waals surface area contributed by atoms with Gasteiger partial charge >= 0.3 is 6.18 Å². The molecule has 2 saturated heterocycles. The van der Waals surface area contributed by atoms with Crippen LogP contribution in [0.15, 0.2) is 24.3 Å². The molecule has 254 valence electrons. The fourth-order valence-corrected chi connectivity index (χ4v) is 6.99. The van der Waals surface area contributed by atoms with Crippen LogP contribution in [0.5, 0.6) is 5.75 Å². The Morgan fingerprint density at radius 1 is 1.07 bits per heavy atom. The van der Waals surface area contributed by atoms with Crippen LogP contribution in [0.3, 0.4) is 0 Å². The lowest BCUT2D eigenvalue weighted by Crippen LogP contribution is -2.66. The summed E-state index contributed by atoms with van der Waals surface area (Å²) in [6, 6.07) is 3.52. The first-order valence-corrected chi connectivity index (χ1v) is 15.2. The van der Waals surface area contributed by atoms with E-state index in [1.54, 1.807) is 20.0 Å². The van der Waals surface area contributed by atoms with Gasteiger partial charge in [0.05, 0.1) is 18.7 Å². The number of ether oxygens (including phenoxy) is 1. The minimum Gasteiger partial charge on any atom is -0.493 e. The van der Waals surface area contributed by atoms with E-state index in [0.717, 1.165) is 37.7 Å². The highest BCUT2D eigenvalue weighted by molar-refractivity contribution is 5.93. The minimum atomic E-state index is -4.86. The predicted molar refractivity (Wildman–Crippen MR) is 165 cm³/mol. The lowest BCUT2D eigenvalue weighted by atomic mass is 9.82. The number of hydrogen-bond donors (Lipinski definition) is 4. The Hall–Kier alpha value is -2.32. The third-order valence-corrected chi connectivity index (χ3v) is 9.65. The summed E-state index contributed by atoms with van der Waals surface area (Å²) in [5, 5.41) is 19.4. The number of carbonyl (C=O) groups is 3. The van der Waals surface area contributed by atoms with Crippen molar-refractivity contribution in [2.45, 2.75) is 93.9 Å². The van der Waals surface area contributed by atoms with Crippen molar-refractivity contribution in [3.8, 4) is 5.75 Å². The molecule has 0 bridgehead atoms. The molecule has 2 unspecified atom stereocenters. The molecule has 3 aliphatic heterocycles. The third kappa shape index (κ3) is 7.81. The second-order valence-electron chi connectivity index (χ2n) is 12.5. The number of halogens is 5. The lowest BCUT2D eigenvalue weighted by molar-refractivity contribution is -0.254. The van der Waals surface area contributed by atoms with Gasteiger partial charge in [-0.25, -0.2) is 0 Å². The summed E-state index contributed by atoms with van der Waals surface area (Å²) in [7, 11) is 1.64. The van der Waals surface area contributed by atoms with Crippen molar-refractivity contribution in [3.05, 3.63) is 29.8 Å². The van der Waals surface area contributed by atoms with Crippen molar-refractivity contribution < 1.29 is 37.4 Å². The molecule has 0 aromatic heterocycles. The van der Waals surface area contributed by atoms with Gasteiger partial charge in [-0.05, 0) is 38.8 Å². The quantitative estimate of drug-likeness (QED) is 0.349. The molecule has 1 aromatic carbocycles. The Morgan fingerprint density at radius 3 is 2.42 bits per heavy atom. The van der Waals surface area contributed by atoms with E-state index >= 15 is 0 Å². The van der Waals surface area contributed by atoms with Gasteiger partial charge < -0.3 is 30.7 Å². The zero-order chi connectivity index (χ0) is 30.9. The van der Waals surface area contributed by atoms with Crippen LogP contribution in [0, 0.1) is 5.92 Å². The molecule has 3 amide bonds. The SMILES string of the molecule is CN[C@@H](C)C(=O)N[C@H](C(=O)N1C[C@H]2CC(O)(C(F)(F)F)CN2CC1C(=O)N[C@@H]1CCOc2ccccc21)C1CCCCC1.Cl.Cl. The summed E-state index contributed by atoms with van der Waals surface area (Å²) >= 11 is 0. The molecule has 1 aromatic rings. The molecule has 4 N–H and O–H groups in total. The minimum absolute atomic E-state index is 0. The van der Waals surface area contributed by atoms with Crippen molar-refractivity contribution in [1.82, 2.24) is 25.8 Å². The molecule has 10 nitrogen and oxygen atoms in total. The standard InChI is InChI=1S/C30H42F3N5O5.2ClH/c1-18(34-2)26(39)36-25(19-8-4-3-5-9-19)28(41)38-15-20-14-29(42,30(31,32)33)17-37(20)16-23(38)27(40)35-22-12-13-43-24-11-7-6-10-21(22)24;;/h6-7,10-11,18-20,22-23,25,34,42H,3-5,8-9,12-17H2,1-2H3,(H,35,40)(H,36,39);2*1H/t18-,20+,22+,23?,25-,29?;;/m0../s1. The van der Waals surface area contributed by atoms with E-state index in [0.29, 0.717) is 18.8 Å². The van der Waals surface area contributed by atoms with E-state index < -0.39 is 66.8 Å². The molecular weight excluding hydrogens is 638 g/mol. The van der Waals surface area contributed by atoms with E-state index in [9.17, 15) is 32.7 Å². The van der Waals surface area contributed by atoms with E-state index in [-0.39, 0.29) is 49.7 Å². The van der Waals surface area contributed by atoms with Gasteiger partial charge in [-0.15, -0.1) is 24.8 Å². The van der Waals surface area contributed by atoms with Gasteiger partial charge in [0.1, 0.15) is 17.8 Å². The van der Waals surface area contributed by atoms with Gasteiger partial charge in [-0.2, -0.15) is 13.2 Å². The number of fused-ring (bicyclic) bond motifs is 2. The number of hydrogen-bond acceptors (Lipinski definition) is 7. The molecule has 15 heteroatoms. The number of para-hydroxylation sites is 1. The second-order valence-corrected chi connectivity index (χ2v) is 12.5. The van der Waals surface area contributed by atoms with E-state index in [4.69, 9.17) is 4.74 Å². The topological polar surface area (TPSA) is 123 Å². The number of benzene rings is 1. The van der Waals surface area contributed by atoms with Crippen molar-refractivity contribution in [2.24, 2.45) is 5.92 Å². The van der Waals surface area contributed by atoms with Crippen LogP contribution in [0.25, 0.3) is 0 Å². The second kappa shape index (κ2) is 15.1. The molecule has 0 spiro atoms. The number of carbonyl (C=O) groups excluding carboxylic acids is 3. The molecule has 1 saturated carbocycles. The first-order chi connectivity index (χ1) is 20.4. The molecule has 0 radical (unpaired) electrons. The van der Waals surface area contributed by atoms with Crippen LogP contribution in [0.4, 0.5) is 13.2 Å². The number of aliphatic hydroxyl groups is 1. The Labute approximate surface area is 274 Å². The van der Waals surface area contributed by atoms with Crippen LogP contribution in [-0.2, 0) is 14.4 Å². The van der Waals surface area contributed by atoms with Gasteiger partial charge in [-0.3, -0.25) is 19.3 Å². The zero-order valence-corrected chi connectivity index (χ0v) is 27.1. The van der Waals surface area contributed by atoms with E-state index in [1.807, 2.05) is 18.2 Å². The van der Waals surface area contributed by atoms with Crippen LogP contribution in [-0.4, -0.2) is 102 Å². The Kier molecular flexibility index (Phi) is 12.4. The Bertz CT molecular complexity index is 1210. The number of nitrogens with zero attached hydrogens (tertiary/aromatic N) is 2. The highest BCUT2D eigenvalue weighted by Crippen LogP contribution is 2.42. The van der Waals surface area contributed by atoms with Crippen LogP contribution in [0.1, 0.15) is 63.5 Å². The molecule has 45 heavy (non-hydrogen) atoms. The summed E-state index contributed by atoms with van der Waals surface area (Å²) in [5.74, 6) is -0.845.